The van der Waals surface area contributed by atoms with E-state index >= 15 is 0 Å². The fourth-order valence-electron chi connectivity index (χ4n) is 0.792. The predicted molar refractivity (Wildman–Crippen MR) is 45.6 cm³/mol. The Hall–Kier alpha value is -1.49. The molecule has 0 atom stereocenters. The summed E-state index contributed by atoms with van der Waals surface area (Å²) in [4.78, 5) is 3.90. The first-order chi connectivity index (χ1) is 5.34. The average molecular weight is 146 g/mol. The van der Waals surface area contributed by atoms with Crippen LogP contribution in [-0.4, -0.2) is 9.55 Å². The molecule has 0 amide bonds. The van der Waals surface area contributed by atoms with E-state index in [9.17, 15) is 0 Å². The van der Waals surface area contributed by atoms with Crippen LogP contribution in [0.3, 0.4) is 0 Å². The van der Waals surface area contributed by atoms with Crippen molar-refractivity contribution in [2.75, 3.05) is 0 Å². The van der Waals surface area contributed by atoms with Crippen LogP contribution >= 0.6 is 0 Å². The second kappa shape index (κ2) is 3.62. The van der Waals surface area contributed by atoms with Crippen molar-refractivity contribution in [3.63, 3.8) is 0 Å². The minimum absolute atomic E-state index is 0.733. The number of nitrogens with zero attached hydrogens (tertiary/aromatic N) is 2. The first-order valence-corrected chi connectivity index (χ1v) is 3.44. The Kier molecular flexibility index (Phi) is 2.51. The predicted octanol–water partition coefficient (Wildman–Crippen LogP) is 1.77. The van der Waals surface area contributed by atoms with Gasteiger partial charge in [0.1, 0.15) is 0 Å². The molecule has 0 bridgehead atoms. The number of allylic oxidation sites excluding steroid dienone is 1. The Morgan fingerprint density at radius 1 is 1.73 bits per heavy atom. The van der Waals surface area contributed by atoms with Crippen molar-refractivity contribution >= 4 is 5.70 Å². The SMILES string of the molecule is C#CCCC(=C)n1ccnc1. The summed E-state index contributed by atoms with van der Waals surface area (Å²) in [5, 5.41) is 0. The van der Waals surface area contributed by atoms with Crippen molar-refractivity contribution in [3.05, 3.63) is 25.3 Å². The number of hydrogen-bond donors (Lipinski definition) is 0. The number of hydrogen-bond acceptors (Lipinski definition) is 1. The third-order valence-corrected chi connectivity index (χ3v) is 1.43. The molecule has 2 heteroatoms. The van der Waals surface area contributed by atoms with Gasteiger partial charge in [-0.15, -0.1) is 12.3 Å². The molecule has 1 heterocycles. The molecule has 0 unspecified atom stereocenters. The smallest absolute Gasteiger partial charge is 0.0988 e. The van der Waals surface area contributed by atoms with Gasteiger partial charge in [0.25, 0.3) is 0 Å². The van der Waals surface area contributed by atoms with E-state index in [1.807, 2.05) is 10.8 Å². The van der Waals surface area contributed by atoms with Gasteiger partial charge in [-0.1, -0.05) is 6.58 Å². The molecule has 1 aromatic heterocycles. The van der Waals surface area contributed by atoms with Gasteiger partial charge in [0.2, 0.25) is 0 Å². The highest BCUT2D eigenvalue weighted by molar-refractivity contribution is 5.40. The van der Waals surface area contributed by atoms with Crippen LogP contribution in [0.5, 0.6) is 0 Å². The van der Waals surface area contributed by atoms with Gasteiger partial charge >= 0.3 is 0 Å². The van der Waals surface area contributed by atoms with Gasteiger partial charge in [-0.2, -0.15) is 0 Å². The Balaban J connectivity index is 2.51. The lowest BCUT2D eigenvalue weighted by atomic mass is 10.2. The molecule has 0 aliphatic rings. The molecule has 0 saturated heterocycles. The lowest BCUT2D eigenvalue weighted by Gasteiger charge is -2.02. The molecule has 0 fully saturated rings. The van der Waals surface area contributed by atoms with E-state index in [1.165, 1.54) is 0 Å². The molecule has 0 spiro atoms. The summed E-state index contributed by atoms with van der Waals surface area (Å²) in [6.45, 7) is 3.86. The third kappa shape index (κ3) is 1.98. The van der Waals surface area contributed by atoms with Gasteiger partial charge < -0.3 is 4.57 Å². The first-order valence-electron chi connectivity index (χ1n) is 3.44. The Bertz CT molecular complexity index is 264. The highest BCUT2D eigenvalue weighted by Gasteiger charge is 1.93. The summed E-state index contributed by atoms with van der Waals surface area (Å²) >= 11 is 0. The Morgan fingerprint density at radius 2 is 2.55 bits per heavy atom. The van der Waals surface area contributed by atoms with E-state index in [1.54, 1.807) is 12.5 Å². The molecule has 0 N–H and O–H groups in total. The third-order valence-electron chi connectivity index (χ3n) is 1.43. The van der Waals surface area contributed by atoms with Crippen molar-refractivity contribution in [1.29, 1.82) is 0 Å². The van der Waals surface area contributed by atoms with Crippen molar-refractivity contribution < 1.29 is 0 Å². The first kappa shape index (κ1) is 7.62. The monoisotopic (exact) mass is 146 g/mol. The molecule has 0 saturated carbocycles. The number of rotatable bonds is 3. The van der Waals surface area contributed by atoms with Gasteiger partial charge in [0, 0.05) is 24.5 Å². The van der Waals surface area contributed by atoms with E-state index in [4.69, 9.17) is 6.42 Å². The van der Waals surface area contributed by atoms with Gasteiger partial charge in [0.05, 0.1) is 6.33 Å². The van der Waals surface area contributed by atoms with Crippen molar-refractivity contribution in [2.45, 2.75) is 12.8 Å². The summed E-state index contributed by atoms with van der Waals surface area (Å²) in [5.41, 5.74) is 0.987. The topological polar surface area (TPSA) is 17.8 Å². The maximum absolute atomic E-state index is 5.11. The quantitative estimate of drug-likeness (QED) is 0.594. The summed E-state index contributed by atoms with van der Waals surface area (Å²) in [7, 11) is 0. The zero-order valence-corrected chi connectivity index (χ0v) is 6.33. The van der Waals surface area contributed by atoms with E-state index in [2.05, 4.69) is 17.5 Å². The molecular formula is C9H10N2. The molecule has 56 valence electrons. The molecule has 0 aliphatic carbocycles. The van der Waals surface area contributed by atoms with Crippen LogP contribution < -0.4 is 0 Å². The normalized spacial score (nSPS) is 9.00. The van der Waals surface area contributed by atoms with Crippen LogP contribution in [0.15, 0.2) is 25.3 Å². The van der Waals surface area contributed by atoms with Crippen molar-refractivity contribution in [3.8, 4) is 12.3 Å². The lowest BCUT2D eigenvalue weighted by Crippen LogP contribution is -1.90. The Morgan fingerprint density at radius 3 is 3.09 bits per heavy atom. The van der Waals surface area contributed by atoms with E-state index < -0.39 is 0 Å². The Labute approximate surface area is 66.6 Å². The zero-order chi connectivity index (χ0) is 8.10. The number of imidazole rings is 1. The lowest BCUT2D eigenvalue weighted by molar-refractivity contribution is 0.968. The second-order valence-electron chi connectivity index (χ2n) is 2.24. The second-order valence-corrected chi connectivity index (χ2v) is 2.24. The maximum atomic E-state index is 5.11. The fourth-order valence-corrected chi connectivity index (χ4v) is 0.792. The molecular weight excluding hydrogens is 136 g/mol. The highest BCUT2D eigenvalue weighted by Crippen LogP contribution is 2.07. The van der Waals surface area contributed by atoms with Gasteiger partial charge in [-0.25, -0.2) is 4.98 Å². The summed E-state index contributed by atoms with van der Waals surface area (Å²) in [6, 6.07) is 0. The van der Waals surface area contributed by atoms with Crippen molar-refractivity contribution in [1.82, 2.24) is 9.55 Å². The molecule has 0 radical (unpaired) electrons. The average Bonchev–Trinajstić information content (AvgIpc) is 2.52. The molecule has 1 rings (SSSR count). The zero-order valence-electron chi connectivity index (χ0n) is 6.33. The summed E-state index contributed by atoms with van der Waals surface area (Å²) < 4.78 is 1.87. The summed E-state index contributed by atoms with van der Waals surface area (Å²) in [5.74, 6) is 2.57. The van der Waals surface area contributed by atoms with E-state index in [0.717, 1.165) is 18.5 Å². The molecule has 1 aromatic rings. The minimum Gasteiger partial charge on any atom is -0.311 e. The van der Waals surface area contributed by atoms with Crippen molar-refractivity contribution in [2.24, 2.45) is 0 Å². The molecule has 0 aliphatic heterocycles. The van der Waals surface area contributed by atoms with Gasteiger partial charge in [-0.3, -0.25) is 0 Å². The molecule has 0 aromatic carbocycles. The maximum Gasteiger partial charge on any atom is 0.0988 e. The highest BCUT2D eigenvalue weighted by atomic mass is 15.0. The van der Waals surface area contributed by atoms with Gasteiger partial charge in [-0.05, 0) is 6.42 Å². The van der Waals surface area contributed by atoms with Crippen LogP contribution in [0.2, 0.25) is 0 Å². The van der Waals surface area contributed by atoms with Gasteiger partial charge in [0.15, 0.2) is 0 Å². The molecule has 11 heavy (non-hydrogen) atoms. The van der Waals surface area contributed by atoms with Crippen LogP contribution in [0.1, 0.15) is 12.8 Å². The van der Waals surface area contributed by atoms with Crippen LogP contribution in [0.4, 0.5) is 0 Å². The molecule has 2 nitrogen and oxygen atoms in total. The van der Waals surface area contributed by atoms with Crippen LogP contribution in [0.25, 0.3) is 5.70 Å². The van der Waals surface area contributed by atoms with Crippen LogP contribution in [-0.2, 0) is 0 Å². The fraction of sp³-hybridized carbons (Fsp3) is 0.222. The van der Waals surface area contributed by atoms with Crippen LogP contribution in [0, 0.1) is 12.3 Å². The van der Waals surface area contributed by atoms with E-state index in [0.29, 0.717) is 0 Å². The number of terminal acetylenes is 1. The minimum atomic E-state index is 0.733. The number of aromatic nitrogens is 2. The largest absolute Gasteiger partial charge is 0.311 e. The standard InChI is InChI=1S/C9H10N2/c1-3-4-5-9(2)11-7-6-10-8-11/h1,6-8H,2,4-5H2. The summed E-state index contributed by atoms with van der Waals surface area (Å²) in [6.07, 6.45) is 12.0. The van der Waals surface area contributed by atoms with E-state index in [-0.39, 0.29) is 0 Å².